The maximum atomic E-state index is 2.43. The van der Waals surface area contributed by atoms with Crippen molar-refractivity contribution < 1.29 is 0 Å². The molecule has 0 aromatic rings. The molecule has 1 aliphatic carbocycles. The van der Waals surface area contributed by atoms with Crippen molar-refractivity contribution in [2.45, 2.75) is 72.6 Å². The molecule has 0 spiro atoms. The van der Waals surface area contributed by atoms with E-state index in [-0.39, 0.29) is 0 Å². The van der Waals surface area contributed by atoms with Gasteiger partial charge < -0.3 is 0 Å². The summed E-state index contributed by atoms with van der Waals surface area (Å²) in [5.41, 5.74) is 0. The van der Waals surface area contributed by atoms with Crippen molar-refractivity contribution in [3.63, 3.8) is 0 Å². The molecule has 15 heavy (non-hydrogen) atoms. The van der Waals surface area contributed by atoms with Crippen LogP contribution in [0.5, 0.6) is 0 Å². The van der Waals surface area contributed by atoms with Gasteiger partial charge in [0.2, 0.25) is 0 Å². The fourth-order valence-electron chi connectivity index (χ4n) is 2.77. The van der Waals surface area contributed by atoms with Crippen molar-refractivity contribution in [2.75, 3.05) is 0 Å². The lowest BCUT2D eigenvalue weighted by molar-refractivity contribution is 0.420. The molecule has 1 aliphatic rings. The molecule has 1 fully saturated rings. The monoisotopic (exact) mass is 210 g/mol. The lowest BCUT2D eigenvalue weighted by atomic mass is 9.96. The lowest BCUT2D eigenvalue weighted by Gasteiger charge is -2.10. The van der Waals surface area contributed by atoms with Gasteiger partial charge in [0.15, 0.2) is 0 Å². The van der Waals surface area contributed by atoms with Gasteiger partial charge in [0.25, 0.3) is 0 Å². The highest BCUT2D eigenvalue weighted by Gasteiger charge is 2.36. The average molecular weight is 210 g/mol. The van der Waals surface area contributed by atoms with Crippen molar-refractivity contribution in [3.05, 3.63) is 0 Å². The summed E-state index contributed by atoms with van der Waals surface area (Å²) in [6.07, 6.45) is 10.2. The van der Waals surface area contributed by atoms with Crippen molar-refractivity contribution in [3.8, 4) is 0 Å². The van der Waals surface area contributed by atoms with E-state index in [1.807, 2.05) is 0 Å². The van der Waals surface area contributed by atoms with Gasteiger partial charge in [0.05, 0.1) is 0 Å². The molecule has 0 aromatic carbocycles. The Balaban J connectivity index is 2.01. The van der Waals surface area contributed by atoms with E-state index in [2.05, 4.69) is 27.7 Å². The first-order valence-corrected chi connectivity index (χ1v) is 7.17. The molecular weight excluding hydrogens is 180 g/mol. The Morgan fingerprint density at radius 3 is 2.33 bits per heavy atom. The highest BCUT2D eigenvalue weighted by molar-refractivity contribution is 4.87. The predicted molar refractivity (Wildman–Crippen MR) is 69.0 cm³/mol. The minimum atomic E-state index is 0.966. The van der Waals surface area contributed by atoms with Crippen LogP contribution in [0.25, 0.3) is 0 Å². The number of rotatable bonds is 8. The third-order valence-electron chi connectivity index (χ3n) is 4.28. The third kappa shape index (κ3) is 5.04. The second kappa shape index (κ2) is 6.55. The van der Waals surface area contributed by atoms with Crippen LogP contribution in [-0.2, 0) is 0 Å². The second-order valence-corrected chi connectivity index (χ2v) is 5.98. The Morgan fingerprint density at radius 2 is 1.73 bits per heavy atom. The van der Waals surface area contributed by atoms with Crippen LogP contribution in [0.15, 0.2) is 0 Å². The minimum absolute atomic E-state index is 0.966. The Hall–Kier alpha value is 0. The summed E-state index contributed by atoms with van der Waals surface area (Å²) in [6.45, 7) is 9.47. The number of hydrogen-bond acceptors (Lipinski definition) is 0. The summed E-state index contributed by atoms with van der Waals surface area (Å²) in [5, 5.41) is 0. The highest BCUT2D eigenvalue weighted by atomic mass is 14.4. The van der Waals surface area contributed by atoms with E-state index in [0.717, 1.165) is 23.7 Å². The Labute approximate surface area is 96.8 Å². The van der Waals surface area contributed by atoms with Crippen LogP contribution >= 0.6 is 0 Å². The Morgan fingerprint density at radius 1 is 1.00 bits per heavy atom. The summed E-state index contributed by atoms with van der Waals surface area (Å²) in [7, 11) is 0. The van der Waals surface area contributed by atoms with Gasteiger partial charge >= 0.3 is 0 Å². The van der Waals surface area contributed by atoms with Crippen molar-refractivity contribution in [1.29, 1.82) is 0 Å². The first kappa shape index (κ1) is 13.1. The predicted octanol–water partition coefficient (Wildman–Crippen LogP) is 5.28. The summed E-state index contributed by atoms with van der Waals surface area (Å²) in [4.78, 5) is 0. The smallest absolute Gasteiger partial charge is 0.0380 e. The van der Waals surface area contributed by atoms with Crippen LogP contribution in [0.4, 0.5) is 0 Å². The maximum absolute atomic E-state index is 2.43. The van der Waals surface area contributed by atoms with Crippen molar-refractivity contribution in [1.82, 2.24) is 0 Å². The standard InChI is InChI=1S/C15H30/c1-5-7-13(4)8-9-14-11-15(14)10-12(3)6-2/h12-15H,5-11H2,1-4H3. The van der Waals surface area contributed by atoms with Gasteiger partial charge in [-0.15, -0.1) is 0 Å². The van der Waals surface area contributed by atoms with Crippen LogP contribution in [0, 0.1) is 23.7 Å². The molecule has 1 saturated carbocycles. The molecule has 4 unspecified atom stereocenters. The normalized spacial score (nSPS) is 28.8. The Kier molecular flexibility index (Phi) is 5.71. The van der Waals surface area contributed by atoms with Gasteiger partial charge in [-0.3, -0.25) is 0 Å². The lowest BCUT2D eigenvalue weighted by Crippen LogP contribution is -1.97. The van der Waals surface area contributed by atoms with E-state index in [0.29, 0.717) is 0 Å². The molecule has 90 valence electrons. The summed E-state index contributed by atoms with van der Waals surface area (Å²) >= 11 is 0. The van der Waals surface area contributed by atoms with Crippen LogP contribution in [0.3, 0.4) is 0 Å². The largest absolute Gasteiger partial charge is 0.0654 e. The van der Waals surface area contributed by atoms with Crippen LogP contribution in [-0.4, -0.2) is 0 Å². The van der Waals surface area contributed by atoms with Gasteiger partial charge in [-0.25, -0.2) is 0 Å². The third-order valence-corrected chi connectivity index (χ3v) is 4.28. The van der Waals surface area contributed by atoms with E-state index in [1.165, 1.54) is 38.5 Å². The van der Waals surface area contributed by atoms with E-state index < -0.39 is 0 Å². The zero-order chi connectivity index (χ0) is 11.3. The molecule has 0 bridgehead atoms. The molecule has 0 N–H and O–H groups in total. The zero-order valence-corrected chi connectivity index (χ0v) is 11.3. The van der Waals surface area contributed by atoms with Crippen LogP contribution < -0.4 is 0 Å². The Bertz CT molecular complexity index is 161. The van der Waals surface area contributed by atoms with Gasteiger partial charge in [0.1, 0.15) is 0 Å². The van der Waals surface area contributed by atoms with E-state index in [1.54, 1.807) is 6.42 Å². The maximum Gasteiger partial charge on any atom is -0.0380 e. The summed E-state index contributed by atoms with van der Waals surface area (Å²) in [6, 6.07) is 0. The van der Waals surface area contributed by atoms with Gasteiger partial charge in [-0.1, -0.05) is 53.4 Å². The zero-order valence-electron chi connectivity index (χ0n) is 11.3. The molecule has 0 nitrogen and oxygen atoms in total. The van der Waals surface area contributed by atoms with Gasteiger partial charge in [0, 0.05) is 0 Å². The first-order chi connectivity index (χ1) is 7.17. The fourth-order valence-corrected chi connectivity index (χ4v) is 2.77. The van der Waals surface area contributed by atoms with Gasteiger partial charge in [-0.05, 0) is 42.9 Å². The molecule has 0 radical (unpaired) electrons. The van der Waals surface area contributed by atoms with Crippen molar-refractivity contribution >= 4 is 0 Å². The average Bonchev–Trinajstić information content (AvgIpc) is 2.94. The quantitative estimate of drug-likeness (QED) is 0.511. The molecule has 0 aromatic heterocycles. The molecular formula is C15H30. The van der Waals surface area contributed by atoms with E-state index >= 15 is 0 Å². The fraction of sp³-hybridized carbons (Fsp3) is 1.00. The molecule has 0 heteroatoms. The minimum Gasteiger partial charge on any atom is -0.0654 e. The molecule has 0 aliphatic heterocycles. The van der Waals surface area contributed by atoms with E-state index in [4.69, 9.17) is 0 Å². The second-order valence-electron chi connectivity index (χ2n) is 5.98. The summed E-state index contributed by atoms with van der Waals surface area (Å²) in [5.74, 6) is 4.15. The van der Waals surface area contributed by atoms with Crippen LogP contribution in [0.2, 0.25) is 0 Å². The van der Waals surface area contributed by atoms with E-state index in [9.17, 15) is 0 Å². The molecule has 0 heterocycles. The summed E-state index contributed by atoms with van der Waals surface area (Å²) < 4.78 is 0. The molecule has 1 rings (SSSR count). The first-order valence-electron chi connectivity index (χ1n) is 7.17. The van der Waals surface area contributed by atoms with Gasteiger partial charge in [-0.2, -0.15) is 0 Å². The van der Waals surface area contributed by atoms with Crippen molar-refractivity contribution in [2.24, 2.45) is 23.7 Å². The highest BCUT2D eigenvalue weighted by Crippen LogP contribution is 2.47. The number of hydrogen-bond donors (Lipinski definition) is 0. The van der Waals surface area contributed by atoms with Crippen LogP contribution in [0.1, 0.15) is 72.6 Å². The topological polar surface area (TPSA) is 0 Å². The SMILES string of the molecule is CCCC(C)CCC1CC1CC(C)CC. The molecule has 4 atom stereocenters. The molecule has 0 saturated heterocycles. The molecule has 0 amide bonds.